The van der Waals surface area contributed by atoms with Crippen molar-refractivity contribution >= 4 is 11.9 Å². The van der Waals surface area contributed by atoms with E-state index in [9.17, 15) is 14.7 Å². The summed E-state index contributed by atoms with van der Waals surface area (Å²) < 4.78 is 10.7. The van der Waals surface area contributed by atoms with Crippen LogP contribution in [0, 0.1) is 13.8 Å². The summed E-state index contributed by atoms with van der Waals surface area (Å²) in [6.07, 6.45) is 0. The Morgan fingerprint density at radius 2 is 1.11 bits per heavy atom. The zero-order valence-electron chi connectivity index (χ0n) is 14.9. The molecule has 0 aliphatic heterocycles. The summed E-state index contributed by atoms with van der Waals surface area (Å²) in [6, 6.07) is 17.7. The van der Waals surface area contributed by atoms with E-state index in [-0.39, 0.29) is 17.2 Å². The van der Waals surface area contributed by atoms with Crippen molar-refractivity contribution in [2.45, 2.75) is 13.8 Å². The van der Waals surface area contributed by atoms with Crippen LogP contribution in [0.4, 0.5) is 0 Å². The Bertz CT molecular complexity index is 973. The van der Waals surface area contributed by atoms with E-state index in [1.54, 1.807) is 48.5 Å². The lowest BCUT2D eigenvalue weighted by Gasteiger charge is -2.11. The van der Waals surface area contributed by atoms with E-state index in [2.05, 4.69) is 0 Å². The summed E-state index contributed by atoms with van der Waals surface area (Å²) in [6.45, 7) is 3.82. The highest BCUT2D eigenvalue weighted by Crippen LogP contribution is 2.32. The fraction of sp³-hybridized carbons (Fsp3) is 0.0909. The molecule has 0 aromatic heterocycles. The van der Waals surface area contributed by atoms with Crippen LogP contribution in [-0.4, -0.2) is 17.0 Å². The second-order valence-electron chi connectivity index (χ2n) is 6.14. The molecule has 0 atom stereocenters. The third-order valence-electron chi connectivity index (χ3n) is 3.91. The average molecular weight is 362 g/mol. The maximum absolute atomic E-state index is 12.3. The smallest absolute Gasteiger partial charge is 0.343 e. The number of ether oxygens (including phenoxy) is 2. The van der Waals surface area contributed by atoms with E-state index >= 15 is 0 Å². The lowest BCUT2D eigenvalue weighted by atomic mass is 10.1. The molecule has 0 unspecified atom stereocenters. The second kappa shape index (κ2) is 7.74. The lowest BCUT2D eigenvalue weighted by Crippen LogP contribution is -2.12. The number of phenols is 1. The van der Waals surface area contributed by atoms with Crippen LogP contribution in [0.1, 0.15) is 31.8 Å². The molecule has 0 fully saturated rings. The predicted molar refractivity (Wildman–Crippen MR) is 100 cm³/mol. The number of carbonyl (C=O) groups excluding carboxylic acids is 2. The minimum absolute atomic E-state index is 0.0406. The third-order valence-corrected chi connectivity index (χ3v) is 3.91. The van der Waals surface area contributed by atoms with E-state index in [0.29, 0.717) is 11.1 Å². The van der Waals surface area contributed by atoms with Crippen molar-refractivity contribution < 1.29 is 24.2 Å². The zero-order valence-corrected chi connectivity index (χ0v) is 14.9. The molecule has 3 rings (SSSR count). The van der Waals surface area contributed by atoms with E-state index in [4.69, 9.17) is 9.47 Å². The normalized spacial score (nSPS) is 10.3. The van der Waals surface area contributed by atoms with Gasteiger partial charge in [0.2, 0.25) is 0 Å². The number of aromatic hydroxyl groups is 1. The van der Waals surface area contributed by atoms with Crippen molar-refractivity contribution in [2.75, 3.05) is 0 Å². The zero-order chi connectivity index (χ0) is 19.4. The van der Waals surface area contributed by atoms with Crippen molar-refractivity contribution in [1.82, 2.24) is 0 Å². The van der Waals surface area contributed by atoms with Crippen molar-refractivity contribution in [3.63, 3.8) is 0 Å². The van der Waals surface area contributed by atoms with Gasteiger partial charge < -0.3 is 14.6 Å². The molecule has 0 saturated heterocycles. The SMILES string of the molecule is Cc1ccc(C(=O)Oc2ccc(O)cc2OC(=O)c2ccc(C)cc2)cc1. The highest BCUT2D eigenvalue weighted by molar-refractivity contribution is 5.93. The van der Waals surface area contributed by atoms with E-state index in [1.165, 1.54) is 18.2 Å². The molecule has 1 N–H and O–H groups in total. The van der Waals surface area contributed by atoms with Crippen LogP contribution >= 0.6 is 0 Å². The number of rotatable bonds is 4. The fourth-order valence-corrected chi connectivity index (χ4v) is 2.36. The van der Waals surface area contributed by atoms with Crippen LogP contribution in [0.3, 0.4) is 0 Å². The van der Waals surface area contributed by atoms with Gasteiger partial charge in [0.1, 0.15) is 5.75 Å². The summed E-state index contributed by atoms with van der Waals surface area (Å²) in [5.41, 5.74) is 2.74. The molecule has 0 spiro atoms. The van der Waals surface area contributed by atoms with Gasteiger partial charge >= 0.3 is 11.9 Å². The quantitative estimate of drug-likeness (QED) is 0.548. The summed E-state index contributed by atoms with van der Waals surface area (Å²) >= 11 is 0. The number of benzene rings is 3. The average Bonchev–Trinajstić information content (AvgIpc) is 2.65. The Morgan fingerprint density at radius 1 is 0.667 bits per heavy atom. The van der Waals surface area contributed by atoms with Gasteiger partial charge in [-0.2, -0.15) is 0 Å². The van der Waals surface area contributed by atoms with Gasteiger partial charge in [-0.15, -0.1) is 0 Å². The van der Waals surface area contributed by atoms with Crippen LogP contribution in [0.2, 0.25) is 0 Å². The van der Waals surface area contributed by atoms with E-state index in [1.807, 2.05) is 13.8 Å². The van der Waals surface area contributed by atoms with Crippen molar-refractivity contribution in [3.8, 4) is 17.2 Å². The second-order valence-corrected chi connectivity index (χ2v) is 6.14. The van der Waals surface area contributed by atoms with Crippen molar-refractivity contribution in [1.29, 1.82) is 0 Å². The van der Waals surface area contributed by atoms with Crippen LogP contribution in [0.25, 0.3) is 0 Å². The van der Waals surface area contributed by atoms with Gasteiger partial charge in [-0.05, 0) is 50.2 Å². The van der Waals surface area contributed by atoms with Crippen molar-refractivity contribution in [3.05, 3.63) is 89.0 Å². The van der Waals surface area contributed by atoms with Gasteiger partial charge in [-0.3, -0.25) is 0 Å². The Hall–Kier alpha value is -3.60. The van der Waals surface area contributed by atoms with Gasteiger partial charge in [0.05, 0.1) is 11.1 Å². The Morgan fingerprint density at radius 3 is 1.59 bits per heavy atom. The molecule has 136 valence electrons. The molecular weight excluding hydrogens is 344 g/mol. The first-order valence-electron chi connectivity index (χ1n) is 8.33. The number of hydrogen-bond acceptors (Lipinski definition) is 5. The molecule has 0 bridgehead atoms. The first-order chi connectivity index (χ1) is 12.9. The minimum atomic E-state index is -0.617. The molecule has 3 aromatic carbocycles. The first kappa shape index (κ1) is 18.2. The largest absolute Gasteiger partial charge is 0.508 e. The van der Waals surface area contributed by atoms with Gasteiger partial charge in [0, 0.05) is 6.07 Å². The molecule has 0 aliphatic carbocycles. The fourth-order valence-electron chi connectivity index (χ4n) is 2.36. The Kier molecular flexibility index (Phi) is 5.22. The minimum Gasteiger partial charge on any atom is -0.508 e. The topological polar surface area (TPSA) is 72.8 Å². The summed E-state index contributed by atoms with van der Waals surface area (Å²) in [7, 11) is 0. The summed E-state index contributed by atoms with van der Waals surface area (Å²) in [4.78, 5) is 24.7. The molecule has 0 amide bonds. The van der Waals surface area contributed by atoms with Crippen LogP contribution in [0.15, 0.2) is 66.7 Å². The van der Waals surface area contributed by atoms with Gasteiger partial charge in [-0.1, -0.05) is 35.4 Å². The molecule has 5 nitrogen and oxygen atoms in total. The maximum Gasteiger partial charge on any atom is 0.343 e. The van der Waals surface area contributed by atoms with Crippen LogP contribution in [-0.2, 0) is 0 Å². The van der Waals surface area contributed by atoms with Gasteiger partial charge in [0.15, 0.2) is 11.5 Å². The molecule has 0 heterocycles. The predicted octanol–water partition coefficient (Wildman–Crippen LogP) is 4.45. The highest BCUT2D eigenvalue weighted by Gasteiger charge is 2.17. The van der Waals surface area contributed by atoms with Crippen molar-refractivity contribution in [2.24, 2.45) is 0 Å². The summed E-state index contributed by atoms with van der Waals surface area (Å²) in [5.74, 6) is -1.32. The summed E-state index contributed by atoms with van der Waals surface area (Å²) in [5, 5.41) is 9.71. The van der Waals surface area contributed by atoms with Crippen LogP contribution < -0.4 is 9.47 Å². The van der Waals surface area contributed by atoms with E-state index < -0.39 is 11.9 Å². The lowest BCUT2D eigenvalue weighted by molar-refractivity contribution is 0.0682. The number of carbonyl (C=O) groups is 2. The Balaban J connectivity index is 1.82. The number of hydrogen-bond donors (Lipinski definition) is 1. The number of phenolic OH excluding ortho intramolecular Hbond substituents is 1. The Labute approximate surface area is 156 Å². The standard InChI is InChI=1S/C22H18O5/c1-14-3-7-16(8-4-14)21(24)26-19-12-11-18(23)13-20(19)27-22(25)17-9-5-15(2)6-10-17/h3-13,23H,1-2H3. The number of esters is 2. The molecule has 0 radical (unpaired) electrons. The molecule has 0 aliphatic rings. The van der Waals surface area contributed by atoms with Gasteiger partial charge in [0.25, 0.3) is 0 Å². The maximum atomic E-state index is 12.3. The molecule has 0 saturated carbocycles. The van der Waals surface area contributed by atoms with E-state index in [0.717, 1.165) is 11.1 Å². The van der Waals surface area contributed by atoms with Crippen LogP contribution in [0.5, 0.6) is 17.2 Å². The van der Waals surface area contributed by atoms with Gasteiger partial charge in [-0.25, -0.2) is 9.59 Å². The molecule has 3 aromatic rings. The third kappa shape index (κ3) is 4.52. The molecule has 27 heavy (non-hydrogen) atoms. The molecule has 5 heteroatoms. The highest BCUT2D eigenvalue weighted by atomic mass is 16.6. The number of aryl methyl sites for hydroxylation is 2. The monoisotopic (exact) mass is 362 g/mol. The molecular formula is C22H18O5. The first-order valence-corrected chi connectivity index (χ1v) is 8.33.